The first-order chi connectivity index (χ1) is 8.15. The molecule has 3 nitrogen and oxygen atoms in total. The van der Waals surface area contributed by atoms with E-state index < -0.39 is 11.6 Å². The highest BCUT2D eigenvalue weighted by atomic mass is 16.4. The topological polar surface area (TPSA) is 57.5 Å². The largest absolute Gasteiger partial charge is 0.481 e. The van der Waals surface area contributed by atoms with Crippen LogP contribution in [0.5, 0.6) is 0 Å². The molecule has 0 radical (unpaired) electrons. The van der Waals surface area contributed by atoms with E-state index in [9.17, 15) is 9.90 Å². The molecule has 0 amide bonds. The number of aliphatic carboxylic acids is 1. The Morgan fingerprint density at radius 3 is 2.44 bits per heavy atom. The Morgan fingerprint density at radius 1 is 1.33 bits per heavy atom. The standard InChI is InChI=1S/C15H28O3/c1-11(10-13(16)17)6-7-12-14(2,3)8-5-9-15(12,4)18/h11-12,18H,5-10H2,1-4H3,(H,16,17)/t11-,12-,15-/m1/s1. The lowest BCUT2D eigenvalue weighted by molar-refractivity contribution is -0.138. The van der Waals surface area contributed by atoms with Gasteiger partial charge in [-0.05, 0) is 49.9 Å². The maximum absolute atomic E-state index is 10.7. The van der Waals surface area contributed by atoms with Gasteiger partial charge in [0.05, 0.1) is 5.60 Å². The molecule has 0 spiro atoms. The third-order valence-corrected chi connectivity index (χ3v) is 4.67. The van der Waals surface area contributed by atoms with E-state index in [-0.39, 0.29) is 23.7 Å². The van der Waals surface area contributed by atoms with E-state index in [1.807, 2.05) is 13.8 Å². The van der Waals surface area contributed by atoms with Gasteiger partial charge >= 0.3 is 5.97 Å². The molecule has 0 heterocycles. The Hall–Kier alpha value is -0.570. The van der Waals surface area contributed by atoms with Crippen LogP contribution in [0.2, 0.25) is 0 Å². The summed E-state index contributed by atoms with van der Waals surface area (Å²) in [6.07, 6.45) is 5.15. The molecule has 3 heteroatoms. The van der Waals surface area contributed by atoms with E-state index in [1.54, 1.807) is 0 Å². The van der Waals surface area contributed by atoms with Crippen molar-refractivity contribution < 1.29 is 15.0 Å². The Bertz CT molecular complexity index is 278. The van der Waals surface area contributed by atoms with Gasteiger partial charge in [-0.1, -0.05) is 27.2 Å². The van der Waals surface area contributed by atoms with E-state index in [2.05, 4.69) is 13.8 Å². The van der Waals surface area contributed by atoms with Gasteiger partial charge in [-0.15, -0.1) is 0 Å². The lowest BCUT2D eigenvalue weighted by Gasteiger charge is -2.48. The van der Waals surface area contributed by atoms with Crippen molar-refractivity contribution in [2.24, 2.45) is 17.3 Å². The second-order valence-electron chi connectivity index (χ2n) is 7.03. The molecule has 2 N–H and O–H groups in total. The summed E-state index contributed by atoms with van der Waals surface area (Å²) in [5, 5.41) is 19.3. The first-order valence-electron chi connectivity index (χ1n) is 7.09. The Kier molecular flexibility index (Phi) is 4.82. The lowest BCUT2D eigenvalue weighted by Crippen LogP contribution is -2.47. The van der Waals surface area contributed by atoms with Crippen LogP contribution >= 0.6 is 0 Å². The molecule has 0 aliphatic heterocycles. The highest BCUT2D eigenvalue weighted by Gasteiger charge is 2.44. The molecule has 1 saturated carbocycles. The summed E-state index contributed by atoms with van der Waals surface area (Å²) in [4.78, 5) is 10.7. The van der Waals surface area contributed by atoms with Crippen LogP contribution in [0.1, 0.15) is 66.2 Å². The van der Waals surface area contributed by atoms with Crippen LogP contribution in [0.15, 0.2) is 0 Å². The predicted octanol–water partition coefficient (Wildman–Crippen LogP) is 3.45. The summed E-state index contributed by atoms with van der Waals surface area (Å²) >= 11 is 0. The van der Waals surface area contributed by atoms with E-state index >= 15 is 0 Å². The predicted molar refractivity (Wildman–Crippen MR) is 72.4 cm³/mol. The third-order valence-electron chi connectivity index (χ3n) is 4.67. The van der Waals surface area contributed by atoms with Crippen LogP contribution in [0.3, 0.4) is 0 Å². The number of rotatable bonds is 5. The van der Waals surface area contributed by atoms with Gasteiger partial charge in [-0.25, -0.2) is 0 Å². The lowest BCUT2D eigenvalue weighted by atomic mass is 9.60. The fourth-order valence-electron chi connectivity index (χ4n) is 3.65. The van der Waals surface area contributed by atoms with Gasteiger partial charge in [0.2, 0.25) is 0 Å². The van der Waals surface area contributed by atoms with Crippen molar-refractivity contribution in [3.63, 3.8) is 0 Å². The van der Waals surface area contributed by atoms with Crippen LogP contribution in [-0.4, -0.2) is 21.8 Å². The molecule has 0 aromatic carbocycles. The molecule has 1 rings (SSSR count). The summed E-state index contributed by atoms with van der Waals surface area (Å²) in [6.45, 7) is 8.39. The monoisotopic (exact) mass is 256 g/mol. The number of aliphatic hydroxyl groups is 1. The average molecular weight is 256 g/mol. The van der Waals surface area contributed by atoms with E-state index in [4.69, 9.17) is 5.11 Å². The first kappa shape index (κ1) is 15.5. The molecule has 0 saturated heterocycles. The fourth-order valence-corrected chi connectivity index (χ4v) is 3.65. The minimum atomic E-state index is -0.725. The van der Waals surface area contributed by atoms with Gasteiger partial charge in [0.1, 0.15) is 0 Å². The molecule has 3 atom stereocenters. The molecular formula is C15H28O3. The highest BCUT2D eigenvalue weighted by molar-refractivity contribution is 5.66. The van der Waals surface area contributed by atoms with Crippen molar-refractivity contribution >= 4 is 5.97 Å². The van der Waals surface area contributed by atoms with Gasteiger partial charge in [-0.3, -0.25) is 4.79 Å². The zero-order valence-electron chi connectivity index (χ0n) is 12.2. The molecule has 0 unspecified atom stereocenters. The second-order valence-corrected chi connectivity index (χ2v) is 7.03. The zero-order chi connectivity index (χ0) is 14.0. The van der Waals surface area contributed by atoms with Crippen LogP contribution in [0.25, 0.3) is 0 Å². The van der Waals surface area contributed by atoms with Crippen molar-refractivity contribution in [1.29, 1.82) is 0 Å². The molecule has 0 bridgehead atoms. The molecule has 1 fully saturated rings. The van der Waals surface area contributed by atoms with Crippen molar-refractivity contribution in [3.8, 4) is 0 Å². The van der Waals surface area contributed by atoms with E-state index in [1.165, 1.54) is 0 Å². The minimum absolute atomic E-state index is 0.157. The highest BCUT2D eigenvalue weighted by Crippen LogP contribution is 2.48. The van der Waals surface area contributed by atoms with E-state index in [0.717, 1.165) is 32.1 Å². The molecular weight excluding hydrogens is 228 g/mol. The molecule has 1 aliphatic rings. The third kappa shape index (κ3) is 3.98. The Balaban J connectivity index is 2.59. The maximum atomic E-state index is 10.7. The van der Waals surface area contributed by atoms with Gasteiger partial charge in [0.15, 0.2) is 0 Å². The summed E-state index contributed by atoms with van der Waals surface area (Å²) in [6, 6.07) is 0. The summed E-state index contributed by atoms with van der Waals surface area (Å²) < 4.78 is 0. The SMILES string of the molecule is C[C@H](CC[C@@H]1C(C)(C)CCC[C@@]1(C)O)CC(=O)O. The number of carboxylic acids is 1. The van der Waals surface area contributed by atoms with Crippen molar-refractivity contribution in [3.05, 3.63) is 0 Å². The molecule has 18 heavy (non-hydrogen) atoms. The Morgan fingerprint density at radius 2 is 1.94 bits per heavy atom. The number of hydrogen-bond acceptors (Lipinski definition) is 2. The second kappa shape index (κ2) is 5.60. The van der Waals surface area contributed by atoms with Crippen molar-refractivity contribution in [2.45, 2.75) is 71.8 Å². The molecule has 1 aliphatic carbocycles. The van der Waals surface area contributed by atoms with Gasteiger partial charge < -0.3 is 10.2 Å². The van der Waals surface area contributed by atoms with Crippen LogP contribution in [0, 0.1) is 17.3 Å². The summed E-state index contributed by atoms with van der Waals surface area (Å²) in [5.74, 6) is -0.261. The van der Waals surface area contributed by atoms with E-state index in [0.29, 0.717) is 0 Å². The number of carbonyl (C=O) groups is 1. The summed E-state index contributed by atoms with van der Waals surface area (Å²) in [5.41, 5.74) is -0.435. The number of carboxylic acid groups (broad SMARTS) is 1. The fraction of sp³-hybridized carbons (Fsp3) is 0.933. The zero-order valence-corrected chi connectivity index (χ0v) is 12.2. The van der Waals surface area contributed by atoms with Crippen LogP contribution < -0.4 is 0 Å². The Labute approximate surface area is 111 Å². The molecule has 106 valence electrons. The summed E-state index contributed by atoms with van der Waals surface area (Å²) in [7, 11) is 0. The maximum Gasteiger partial charge on any atom is 0.303 e. The average Bonchev–Trinajstić information content (AvgIpc) is 2.12. The van der Waals surface area contributed by atoms with Crippen molar-refractivity contribution in [1.82, 2.24) is 0 Å². The van der Waals surface area contributed by atoms with Gasteiger partial charge in [0.25, 0.3) is 0 Å². The normalized spacial score (nSPS) is 33.1. The quantitative estimate of drug-likeness (QED) is 0.792. The first-order valence-corrected chi connectivity index (χ1v) is 7.09. The van der Waals surface area contributed by atoms with Crippen molar-refractivity contribution in [2.75, 3.05) is 0 Å². The number of hydrogen-bond donors (Lipinski definition) is 2. The minimum Gasteiger partial charge on any atom is -0.481 e. The smallest absolute Gasteiger partial charge is 0.303 e. The molecule has 0 aromatic heterocycles. The van der Waals surface area contributed by atoms with Gasteiger partial charge in [-0.2, -0.15) is 0 Å². The van der Waals surface area contributed by atoms with Gasteiger partial charge in [0, 0.05) is 6.42 Å². The molecule has 0 aromatic rings. The van der Waals surface area contributed by atoms with Crippen LogP contribution in [-0.2, 0) is 4.79 Å². The van der Waals surface area contributed by atoms with Crippen LogP contribution in [0.4, 0.5) is 0 Å².